The summed E-state index contributed by atoms with van der Waals surface area (Å²) in [4.78, 5) is 6.39. The van der Waals surface area contributed by atoms with Crippen LogP contribution < -0.4 is 5.32 Å². The van der Waals surface area contributed by atoms with E-state index in [0.717, 1.165) is 24.6 Å². The first-order valence-electron chi connectivity index (χ1n) is 7.21. The molecule has 0 radical (unpaired) electrons. The summed E-state index contributed by atoms with van der Waals surface area (Å²) in [6.45, 7) is 8.80. The molecule has 1 fully saturated rings. The summed E-state index contributed by atoms with van der Waals surface area (Å²) in [6, 6.07) is 1.69. The van der Waals surface area contributed by atoms with Gasteiger partial charge in [-0.2, -0.15) is 0 Å². The van der Waals surface area contributed by atoms with Crippen molar-refractivity contribution in [2.75, 3.05) is 26.2 Å². The zero-order chi connectivity index (χ0) is 13.7. The lowest BCUT2D eigenvalue weighted by atomic mass is 9.99. The van der Waals surface area contributed by atoms with Gasteiger partial charge in [0.05, 0.1) is 6.20 Å². The van der Waals surface area contributed by atoms with Crippen LogP contribution >= 0.6 is 0 Å². The molecule has 106 valence electrons. The Labute approximate surface area is 115 Å². The molecule has 3 nitrogen and oxygen atoms in total. The van der Waals surface area contributed by atoms with Crippen LogP contribution in [-0.2, 0) is 0 Å². The number of pyridine rings is 1. The second-order valence-corrected chi connectivity index (χ2v) is 5.64. The molecule has 1 saturated heterocycles. The first-order valence-corrected chi connectivity index (χ1v) is 7.21. The van der Waals surface area contributed by atoms with Crippen LogP contribution in [0.15, 0.2) is 18.5 Å². The monoisotopic (exact) mass is 265 g/mol. The fraction of sp³-hybridized carbons (Fsp3) is 0.667. The molecule has 19 heavy (non-hydrogen) atoms. The molecular weight excluding hydrogens is 241 g/mol. The number of rotatable bonds is 5. The Morgan fingerprint density at radius 3 is 2.84 bits per heavy atom. The van der Waals surface area contributed by atoms with Gasteiger partial charge in [-0.1, -0.05) is 6.92 Å². The summed E-state index contributed by atoms with van der Waals surface area (Å²) in [5, 5.41) is 3.44. The number of aromatic nitrogens is 1. The number of halogens is 1. The second kappa shape index (κ2) is 6.96. The lowest BCUT2D eigenvalue weighted by Crippen LogP contribution is -2.38. The zero-order valence-corrected chi connectivity index (χ0v) is 11.9. The standard InChI is InChI=1S/C15H24FN3/c1-12-3-6-19(7-4-12)8-5-18-13(2)14-9-15(16)11-17-10-14/h9-13,18H,3-8H2,1-2H3. The van der Waals surface area contributed by atoms with Gasteiger partial charge in [-0.15, -0.1) is 0 Å². The van der Waals surface area contributed by atoms with Crippen molar-refractivity contribution < 1.29 is 4.39 Å². The number of hydrogen-bond donors (Lipinski definition) is 1. The average molecular weight is 265 g/mol. The van der Waals surface area contributed by atoms with E-state index in [9.17, 15) is 4.39 Å². The molecular formula is C15H24FN3. The highest BCUT2D eigenvalue weighted by Gasteiger charge is 2.15. The first kappa shape index (κ1) is 14.4. The Morgan fingerprint density at radius 1 is 1.42 bits per heavy atom. The molecule has 0 bridgehead atoms. The molecule has 1 unspecified atom stereocenters. The van der Waals surface area contributed by atoms with Crippen LogP contribution in [0.2, 0.25) is 0 Å². The molecule has 2 rings (SSSR count). The molecule has 0 saturated carbocycles. The van der Waals surface area contributed by atoms with Crippen molar-refractivity contribution in [2.24, 2.45) is 5.92 Å². The first-order chi connectivity index (χ1) is 9.15. The van der Waals surface area contributed by atoms with E-state index in [1.54, 1.807) is 12.3 Å². The van der Waals surface area contributed by atoms with Crippen LogP contribution in [0.25, 0.3) is 0 Å². The Kier molecular flexibility index (Phi) is 5.28. The van der Waals surface area contributed by atoms with Gasteiger partial charge in [-0.25, -0.2) is 4.39 Å². The van der Waals surface area contributed by atoms with Crippen LogP contribution in [0, 0.1) is 11.7 Å². The fourth-order valence-electron chi connectivity index (χ4n) is 2.51. The summed E-state index contributed by atoms with van der Waals surface area (Å²) in [6.07, 6.45) is 5.58. The van der Waals surface area contributed by atoms with Crippen LogP contribution in [0.1, 0.15) is 38.3 Å². The van der Waals surface area contributed by atoms with E-state index in [-0.39, 0.29) is 11.9 Å². The Balaban J connectivity index is 1.70. The molecule has 1 aromatic rings. The molecule has 1 aromatic heterocycles. The predicted molar refractivity (Wildman–Crippen MR) is 75.5 cm³/mol. The van der Waals surface area contributed by atoms with Gasteiger partial charge in [0.1, 0.15) is 5.82 Å². The number of likely N-dealkylation sites (tertiary alicyclic amines) is 1. The fourth-order valence-corrected chi connectivity index (χ4v) is 2.51. The molecule has 0 amide bonds. The van der Waals surface area contributed by atoms with Crippen molar-refractivity contribution in [1.29, 1.82) is 0 Å². The van der Waals surface area contributed by atoms with E-state index >= 15 is 0 Å². The van der Waals surface area contributed by atoms with E-state index in [2.05, 4.69) is 29.0 Å². The minimum Gasteiger partial charge on any atom is -0.309 e. The lowest BCUT2D eigenvalue weighted by Gasteiger charge is -2.30. The van der Waals surface area contributed by atoms with Crippen molar-refractivity contribution in [1.82, 2.24) is 15.2 Å². The third-order valence-corrected chi connectivity index (χ3v) is 3.98. The highest BCUT2D eigenvalue weighted by molar-refractivity contribution is 5.14. The Morgan fingerprint density at radius 2 is 2.16 bits per heavy atom. The number of hydrogen-bond acceptors (Lipinski definition) is 3. The predicted octanol–water partition coefficient (Wildman–Crippen LogP) is 2.60. The maximum absolute atomic E-state index is 13.1. The van der Waals surface area contributed by atoms with Crippen LogP contribution in [-0.4, -0.2) is 36.1 Å². The maximum Gasteiger partial charge on any atom is 0.141 e. The SMILES string of the molecule is CC1CCN(CCNC(C)c2cncc(F)c2)CC1. The van der Waals surface area contributed by atoms with E-state index in [0.29, 0.717) is 0 Å². The molecule has 1 aliphatic heterocycles. The van der Waals surface area contributed by atoms with Gasteiger partial charge in [0.2, 0.25) is 0 Å². The third-order valence-electron chi connectivity index (χ3n) is 3.98. The highest BCUT2D eigenvalue weighted by atomic mass is 19.1. The summed E-state index contributed by atoms with van der Waals surface area (Å²) >= 11 is 0. The molecule has 0 spiro atoms. The van der Waals surface area contributed by atoms with Crippen LogP contribution in [0.5, 0.6) is 0 Å². The molecule has 2 heterocycles. The molecule has 0 aromatic carbocycles. The van der Waals surface area contributed by atoms with E-state index < -0.39 is 0 Å². The molecule has 0 aliphatic carbocycles. The minimum absolute atomic E-state index is 0.145. The van der Waals surface area contributed by atoms with Gasteiger partial charge in [0.25, 0.3) is 0 Å². The van der Waals surface area contributed by atoms with E-state index in [1.807, 2.05) is 0 Å². The van der Waals surface area contributed by atoms with Crippen molar-refractivity contribution in [2.45, 2.75) is 32.7 Å². The molecule has 4 heteroatoms. The quantitative estimate of drug-likeness (QED) is 0.887. The van der Waals surface area contributed by atoms with Gasteiger partial charge in [-0.3, -0.25) is 4.98 Å². The topological polar surface area (TPSA) is 28.2 Å². The molecule has 1 N–H and O–H groups in total. The maximum atomic E-state index is 13.1. The van der Waals surface area contributed by atoms with Gasteiger partial charge in [0, 0.05) is 25.3 Å². The Hall–Kier alpha value is -1.00. The van der Waals surface area contributed by atoms with Crippen molar-refractivity contribution in [3.05, 3.63) is 29.8 Å². The zero-order valence-electron chi connectivity index (χ0n) is 11.9. The number of piperidine rings is 1. The smallest absolute Gasteiger partial charge is 0.141 e. The van der Waals surface area contributed by atoms with Gasteiger partial charge in [0.15, 0.2) is 0 Å². The molecule has 1 aliphatic rings. The van der Waals surface area contributed by atoms with Gasteiger partial charge >= 0.3 is 0 Å². The minimum atomic E-state index is -0.267. The van der Waals surface area contributed by atoms with Crippen molar-refractivity contribution in [3.63, 3.8) is 0 Å². The van der Waals surface area contributed by atoms with Crippen molar-refractivity contribution >= 4 is 0 Å². The Bertz CT molecular complexity index is 389. The average Bonchev–Trinajstić information content (AvgIpc) is 2.41. The third kappa shape index (κ3) is 4.55. The van der Waals surface area contributed by atoms with Gasteiger partial charge in [-0.05, 0) is 50.4 Å². The summed E-state index contributed by atoms with van der Waals surface area (Å²) in [5.74, 6) is 0.609. The van der Waals surface area contributed by atoms with Crippen LogP contribution in [0.4, 0.5) is 4.39 Å². The normalized spacial score (nSPS) is 19.5. The van der Waals surface area contributed by atoms with E-state index in [4.69, 9.17) is 0 Å². The number of nitrogens with one attached hydrogen (secondary N) is 1. The molecule has 1 atom stereocenters. The summed E-state index contributed by atoms with van der Waals surface area (Å²) < 4.78 is 13.1. The van der Waals surface area contributed by atoms with Crippen molar-refractivity contribution in [3.8, 4) is 0 Å². The van der Waals surface area contributed by atoms with Crippen LogP contribution in [0.3, 0.4) is 0 Å². The summed E-state index contributed by atoms with van der Waals surface area (Å²) in [5.41, 5.74) is 0.910. The highest BCUT2D eigenvalue weighted by Crippen LogP contribution is 2.15. The lowest BCUT2D eigenvalue weighted by molar-refractivity contribution is 0.191. The summed E-state index contributed by atoms with van der Waals surface area (Å²) in [7, 11) is 0. The largest absolute Gasteiger partial charge is 0.309 e. The van der Waals surface area contributed by atoms with E-state index in [1.165, 1.54) is 32.1 Å². The number of nitrogens with zero attached hydrogens (tertiary/aromatic N) is 2. The van der Waals surface area contributed by atoms with Gasteiger partial charge < -0.3 is 10.2 Å². The second-order valence-electron chi connectivity index (χ2n) is 5.64.